The summed E-state index contributed by atoms with van der Waals surface area (Å²) in [7, 11) is 2.25. The molecule has 0 aromatic carbocycles. The van der Waals surface area contributed by atoms with E-state index in [2.05, 4.69) is 32.8 Å². The molecule has 1 N–H and O–H groups in total. The molecule has 0 rings (SSSR count). The molecule has 0 unspecified atom stereocenters. The predicted octanol–water partition coefficient (Wildman–Crippen LogP) is -1.44. The first kappa shape index (κ1) is 17.8. The van der Waals surface area contributed by atoms with Crippen molar-refractivity contribution >= 4 is 5.91 Å². The topological polar surface area (TPSA) is 29.1 Å². The van der Waals surface area contributed by atoms with Gasteiger partial charge in [0.15, 0.2) is 0 Å². The Morgan fingerprint density at radius 3 is 2.19 bits per heavy atom. The summed E-state index contributed by atoms with van der Waals surface area (Å²) in [5.74, 6) is -0.0304. The summed E-state index contributed by atoms with van der Waals surface area (Å²) >= 11 is 0. The number of hydrogen-bond acceptors (Lipinski definition) is 1. The molecule has 96 valence electrons. The summed E-state index contributed by atoms with van der Waals surface area (Å²) in [4.78, 5) is 11.2. The van der Waals surface area contributed by atoms with Gasteiger partial charge in [-0.1, -0.05) is 6.58 Å². The van der Waals surface area contributed by atoms with E-state index in [9.17, 15) is 4.79 Å². The van der Waals surface area contributed by atoms with Gasteiger partial charge in [0.1, 0.15) is 0 Å². The highest BCUT2D eigenvalue weighted by Gasteiger charge is 2.15. The third kappa shape index (κ3) is 6.85. The number of quaternary nitrogens is 1. The van der Waals surface area contributed by atoms with Crippen LogP contribution in [0.3, 0.4) is 0 Å². The molecule has 4 heteroatoms. The van der Waals surface area contributed by atoms with Crippen molar-refractivity contribution in [1.29, 1.82) is 0 Å². The van der Waals surface area contributed by atoms with E-state index >= 15 is 0 Å². The number of nitrogens with zero attached hydrogens (tertiary/aromatic N) is 1. The Hall–Kier alpha value is -0.540. The van der Waals surface area contributed by atoms with Gasteiger partial charge in [-0.25, -0.2) is 0 Å². The fourth-order valence-corrected chi connectivity index (χ4v) is 1.35. The third-order valence-electron chi connectivity index (χ3n) is 3.07. The van der Waals surface area contributed by atoms with Crippen LogP contribution in [-0.4, -0.2) is 43.6 Å². The summed E-state index contributed by atoms with van der Waals surface area (Å²) in [5, 5.41) is 2.85. The van der Waals surface area contributed by atoms with E-state index in [1.165, 1.54) is 0 Å². The molecule has 0 radical (unpaired) electrons. The predicted molar refractivity (Wildman–Crippen MR) is 64.6 cm³/mol. The highest BCUT2D eigenvalue weighted by Crippen LogP contribution is 2.02. The zero-order valence-electron chi connectivity index (χ0n) is 11.0. The fourth-order valence-electron chi connectivity index (χ4n) is 1.35. The molecule has 0 heterocycles. The van der Waals surface area contributed by atoms with E-state index in [1.807, 2.05) is 0 Å². The van der Waals surface area contributed by atoms with Crippen LogP contribution in [0.2, 0.25) is 0 Å². The first-order valence-electron chi connectivity index (χ1n) is 5.72. The van der Waals surface area contributed by atoms with Gasteiger partial charge < -0.3 is 22.2 Å². The van der Waals surface area contributed by atoms with Crippen molar-refractivity contribution in [3.05, 3.63) is 12.2 Å². The summed E-state index contributed by atoms with van der Waals surface area (Å²) < 4.78 is 1.07. The van der Waals surface area contributed by atoms with Crippen molar-refractivity contribution in [3.63, 3.8) is 0 Å². The maximum absolute atomic E-state index is 11.2. The van der Waals surface area contributed by atoms with Gasteiger partial charge in [0, 0.05) is 18.5 Å². The van der Waals surface area contributed by atoms with E-state index in [0.717, 1.165) is 37.1 Å². The Bertz CT molecular complexity index is 225. The van der Waals surface area contributed by atoms with Crippen LogP contribution in [0.5, 0.6) is 0 Å². The van der Waals surface area contributed by atoms with Gasteiger partial charge >= 0.3 is 0 Å². The smallest absolute Gasteiger partial charge is 0.246 e. The van der Waals surface area contributed by atoms with Crippen molar-refractivity contribution in [1.82, 2.24) is 5.32 Å². The molecule has 16 heavy (non-hydrogen) atoms. The SMILES string of the molecule is C=C(C)C(=O)NCCC[N+](C)(CC)CC.[Cl-]. The monoisotopic (exact) mass is 248 g/mol. The minimum Gasteiger partial charge on any atom is -1.00 e. The number of carbonyl (C=O) groups is 1. The molecular formula is C12H25ClN2O. The largest absolute Gasteiger partial charge is 1.00 e. The lowest BCUT2D eigenvalue weighted by Gasteiger charge is -2.32. The maximum atomic E-state index is 11.2. The molecule has 0 bridgehead atoms. The number of nitrogens with one attached hydrogen (secondary N) is 1. The van der Waals surface area contributed by atoms with E-state index in [0.29, 0.717) is 5.57 Å². The van der Waals surface area contributed by atoms with Crippen molar-refractivity contribution in [3.8, 4) is 0 Å². The molecule has 0 aliphatic heterocycles. The molecule has 0 atom stereocenters. The van der Waals surface area contributed by atoms with Gasteiger partial charge in [0.05, 0.1) is 26.7 Å². The van der Waals surface area contributed by atoms with Crippen LogP contribution < -0.4 is 17.7 Å². The second-order valence-corrected chi connectivity index (χ2v) is 4.37. The van der Waals surface area contributed by atoms with Gasteiger partial charge in [0.2, 0.25) is 5.91 Å². The fraction of sp³-hybridized carbons (Fsp3) is 0.750. The molecule has 1 amide bonds. The molecule has 0 aromatic rings. The Morgan fingerprint density at radius 2 is 1.81 bits per heavy atom. The van der Waals surface area contributed by atoms with Crippen molar-refractivity contribution < 1.29 is 21.7 Å². The third-order valence-corrected chi connectivity index (χ3v) is 3.07. The van der Waals surface area contributed by atoms with Crippen molar-refractivity contribution in [2.75, 3.05) is 33.2 Å². The quantitative estimate of drug-likeness (QED) is 0.334. The average Bonchev–Trinajstić information content (AvgIpc) is 2.23. The van der Waals surface area contributed by atoms with E-state index in [-0.39, 0.29) is 18.3 Å². The van der Waals surface area contributed by atoms with Crippen LogP contribution >= 0.6 is 0 Å². The zero-order chi connectivity index (χ0) is 11.9. The first-order chi connectivity index (χ1) is 6.95. The number of hydrogen-bond donors (Lipinski definition) is 1. The second kappa shape index (κ2) is 8.59. The van der Waals surface area contributed by atoms with Crippen LogP contribution in [0.1, 0.15) is 27.2 Å². The van der Waals surface area contributed by atoms with Crippen LogP contribution in [-0.2, 0) is 4.79 Å². The lowest BCUT2D eigenvalue weighted by molar-refractivity contribution is -0.906. The van der Waals surface area contributed by atoms with Crippen LogP contribution in [0, 0.1) is 0 Å². The Balaban J connectivity index is 0. The van der Waals surface area contributed by atoms with Crippen LogP contribution in [0.15, 0.2) is 12.2 Å². The number of amides is 1. The summed E-state index contributed by atoms with van der Waals surface area (Å²) in [5.41, 5.74) is 0.582. The van der Waals surface area contributed by atoms with Gasteiger partial charge in [-0.15, -0.1) is 0 Å². The summed E-state index contributed by atoms with van der Waals surface area (Å²) in [6.07, 6.45) is 1.02. The number of halogens is 1. The molecular weight excluding hydrogens is 224 g/mol. The highest BCUT2D eigenvalue weighted by atomic mass is 35.5. The molecule has 3 nitrogen and oxygen atoms in total. The lowest BCUT2D eigenvalue weighted by Crippen LogP contribution is -3.00. The van der Waals surface area contributed by atoms with E-state index < -0.39 is 0 Å². The Morgan fingerprint density at radius 1 is 1.31 bits per heavy atom. The van der Waals surface area contributed by atoms with Gasteiger partial charge in [-0.3, -0.25) is 4.79 Å². The van der Waals surface area contributed by atoms with Crippen LogP contribution in [0.25, 0.3) is 0 Å². The Kier molecular flexibility index (Phi) is 9.58. The first-order valence-corrected chi connectivity index (χ1v) is 5.72. The molecule has 0 aliphatic carbocycles. The number of carbonyl (C=O) groups excluding carboxylic acids is 1. The van der Waals surface area contributed by atoms with Crippen molar-refractivity contribution in [2.24, 2.45) is 0 Å². The standard InChI is InChI=1S/C12H24N2O.ClH/c1-6-14(5,7-2)10-8-9-13-12(15)11(3)4;/h3,6-10H2,1-2,4-5H3;1H. The molecule has 0 saturated carbocycles. The van der Waals surface area contributed by atoms with Gasteiger partial charge in [0.25, 0.3) is 0 Å². The average molecular weight is 249 g/mol. The summed E-state index contributed by atoms with van der Waals surface area (Å²) in [6.45, 7) is 13.9. The molecule has 0 aliphatic rings. The maximum Gasteiger partial charge on any atom is 0.246 e. The van der Waals surface area contributed by atoms with Crippen LogP contribution in [0.4, 0.5) is 0 Å². The lowest BCUT2D eigenvalue weighted by atomic mass is 10.3. The zero-order valence-corrected chi connectivity index (χ0v) is 11.7. The van der Waals surface area contributed by atoms with E-state index in [1.54, 1.807) is 6.92 Å². The minimum atomic E-state index is -0.0304. The molecule has 0 aromatic heterocycles. The number of rotatable bonds is 7. The highest BCUT2D eigenvalue weighted by molar-refractivity contribution is 5.91. The van der Waals surface area contributed by atoms with Gasteiger partial charge in [-0.05, 0) is 20.8 Å². The summed E-state index contributed by atoms with van der Waals surface area (Å²) in [6, 6.07) is 0. The Labute approximate surface area is 106 Å². The second-order valence-electron chi connectivity index (χ2n) is 4.37. The van der Waals surface area contributed by atoms with Crippen molar-refractivity contribution in [2.45, 2.75) is 27.2 Å². The van der Waals surface area contributed by atoms with E-state index in [4.69, 9.17) is 0 Å². The molecule has 0 fully saturated rings. The molecule has 0 spiro atoms. The van der Waals surface area contributed by atoms with Gasteiger partial charge in [-0.2, -0.15) is 0 Å². The normalized spacial score (nSPS) is 10.5. The molecule has 0 saturated heterocycles. The minimum absolute atomic E-state index is 0.